The summed E-state index contributed by atoms with van der Waals surface area (Å²) < 4.78 is 36.2. The highest BCUT2D eigenvalue weighted by atomic mass is 32.3. The van der Waals surface area contributed by atoms with Gasteiger partial charge in [0.25, 0.3) is 10.4 Å². The molecule has 0 radical (unpaired) electrons. The number of hydrogen-bond donors (Lipinski definition) is 0. The Labute approximate surface area is 110 Å². The second-order valence-corrected chi connectivity index (χ2v) is 5.14. The summed E-state index contributed by atoms with van der Waals surface area (Å²) in [4.78, 5) is 0. The molecule has 19 heavy (non-hydrogen) atoms. The van der Waals surface area contributed by atoms with Gasteiger partial charge in [-0.05, 0) is 33.7 Å². The molecule has 0 saturated carbocycles. The summed E-state index contributed by atoms with van der Waals surface area (Å²) in [6.45, 7) is 0. The lowest BCUT2D eigenvalue weighted by Gasteiger charge is -2.10. The van der Waals surface area contributed by atoms with E-state index in [0.717, 1.165) is 21.5 Å². The van der Waals surface area contributed by atoms with E-state index < -0.39 is 10.4 Å². The summed E-state index contributed by atoms with van der Waals surface area (Å²) in [6, 6.07) is 16.4. The van der Waals surface area contributed by atoms with Crippen LogP contribution in [0, 0.1) is 0 Å². The second kappa shape index (κ2) is 4.22. The zero-order chi connectivity index (χ0) is 13.5. The third-order valence-electron chi connectivity index (χ3n) is 2.92. The van der Waals surface area contributed by atoms with E-state index in [2.05, 4.69) is 4.18 Å². The Balaban J connectivity index is 2.28. The number of hydrogen-bond acceptors (Lipinski definition) is 4. The minimum atomic E-state index is -4.75. The van der Waals surface area contributed by atoms with Gasteiger partial charge in [0.05, 0.1) is 0 Å². The third kappa shape index (κ3) is 2.38. The molecule has 0 N–H and O–H groups in total. The highest BCUT2D eigenvalue weighted by molar-refractivity contribution is 7.81. The molecule has 0 fully saturated rings. The fourth-order valence-electron chi connectivity index (χ4n) is 2.15. The highest BCUT2D eigenvalue weighted by Crippen LogP contribution is 2.28. The normalized spacial score (nSPS) is 11.8. The Morgan fingerprint density at radius 2 is 1.47 bits per heavy atom. The van der Waals surface area contributed by atoms with E-state index in [1.165, 1.54) is 6.07 Å². The lowest BCUT2D eigenvalue weighted by Crippen LogP contribution is -2.06. The van der Waals surface area contributed by atoms with Gasteiger partial charge in [0, 0.05) is 0 Å². The molecule has 0 unspecified atom stereocenters. The second-order valence-electron chi connectivity index (χ2n) is 4.16. The van der Waals surface area contributed by atoms with Gasteiger partial charge >= 0.3 is 0 Å². The van der Waals surface area contributed by atoms with Crippen LogP contribution in [0.3, 0.4) is 0 Å². The van der Waals surface area contributed by atoms with E-state index >= 15 is 0 Å². The Hall–Kier alpha value is -2.11. The first-order valence-corrected chi connectivity index (χ1v) is 6.93. The van der Waals surface area contributed by atoms with Crippen molar-refractivity contribution < 1.29 is 17.2 Å². The van der Waals surface area contributed by atoms with Gasteiger partial charge in [0.1, 0.15) is 5.75 Å². The Morgan fingerprint density at radius 1 is 0.842 bits per heavy atom. The van der Waals surface area contributed by atoms with E-state index in [1.807, 2.05) is 36.4 Å². The van der Waals surface area contributed by atoms with Gasteiger partial charge in [-0.2, -0.15) is 0 Å². The molecule has 3 aromatic rings. The van der Waals surface area contributed by atoms with Crippen molar-refractivity contribution in [3.05, 3.63) is 54.6 Å². The molecule has 3 rings (SSSR count). The van der Waals surface area contributed by atoms with E-state index in [-0.39, 0.29) is 5.75 Å². The number of fused-ring (bicyclic) bond motifs is 3. The van der Waals surface area contributed by atoms with Gasteiger partial charge in [-0.15, -0.1) is 0 Å². The van der Waals surface area contributed by atoms with Crippen LogP contribution in [0.15, 0.2) is 54.6 Å². The molecule has 0 bridgehead atoms. The molecule has 96 valence electrons. The zero-order valence-electron chi connectivity index (χ0n) is 9.74. The average molecular weight is 273 g/mol. The summed E-state index contributed by atoms with van der Waals surface area (Å²) in [5.41, 5.74) is 0. The van der Waals surface area contributed by atoms with Crippen molar-refractivity contribution in [1.82, 2.24) is 0 Å². The Morgan fingerprint density at radius 3 is 2.21 bits per heavy atom. The molecule has 0 heterocycles. The van der Waals surface area contributed by atoms with Crippen LogP contribution in [0.4, 0.5) is 0 Å². The highest BCUT2D eigenvalue weighted by Gasteiger charge is 2.04. The molecular formula is C14H9O4S-. The topological polar surface area (TPSA) is 66.4 Å². The van der Waals surface area contributed by atoms with Crippen molar-refractivity contribution in [1.29, 1.82) is 0 Å². The Bertz CT molecular complexity index is 869. The minimum absolute atomic E-state index is 0.0267. The van der Waals surface area contributed by atoms with Crippen molar-refractivity contribution in [2.45, 2.75) is 0 Å². The fraction of sp³-hybridized carbons (Fsp3) is 0. The van der Waals surface area contributed by atoms with Crippen molar-refractivity contribution >= 4 is 31.9 Å². The van der Waals surface area contributed by atoms with Crippen LogP contribution < -0.4 is 4.18 Å². The SMILES string of the molecule is O=S(=O)([O-])Oc1ccc2ccc3ccccc3c2c1. The molecule has 5 heteroatoms. The summed E-state index contributed by atoms with van der Waals surface area (Å²) in [5.74, 6) is 0.0267. The molecule has 0 spiro atoms. The molecule has 0 atom stereocenters. The minimum Gasteiger partial charge on any atom is -0.716 e. The maximum Gasteiger partial charge on any atom is 0.262 e. The van der Waals surface area contributed by atoms with Crippen molar-refractivity contribution in [2.24, 2.45) is 0 Å². The van der Waals surface area contributed by atoms with Crippen LogP contribution >= 0.6 is 0 Å². The van der Waals surface area contributed by atoms with Gasteiger partial charge in [0.2, 0.25) is 0 Å². The van der Waals surface area contributed by atoms with Gasteiger partial charge in [-0.25, -0.2) is 8.42 Å². The van der Waals surface area contributed by atoms with Crippen LogP contribution in [0.1, 0.15) is 0 Å². The first-order chi connectivity index (χ1) is 9.03. The molecule has 0 aliphatic carbocycles. The van der Waals surface area contributed by atoms with Crippen LogP contribution in [0.25, 0.3) is 21.5 Å². The van der Waals surface area contributed by atoms with E-state index in [4.69, 9.17) is 0 Å². The quantitative estimate of drug-likeness (QED) is 0.409. The van der Waals surface area contributed by atoms with E-state index in [0.29, 0.717) is 0 Å². The van der Waals surface area contributed by atoms with Gasteiger partial charge < -0.3 is 8.74 Å². The fourth-order valence-corrected chi connectivity index (χ4v) is 2.49. The molecular weight excluding hydrogens is 264 g/mol. The lowest BCUT2D eigenvalue weighted by atomic mass is 10.0. The predicted molar refractivity (Wildman–Crippen MR) is 71.8 cm³/mol. The molecule has 4 nitrogen and oxygen atoms in total. The predicted octanol–water partition coefficient (Wildman–Crippen LogP) is 2.83. The smallest absolute Gasteiger partial charge is 0.262 e. The van der Waals surface area contributed by atoms with E-state index in [1.54, 1.807) is 12.1 Å². The van der Waals surface area contributed by atoms with Crippen molar-refractivity contribution in [3.8, 4) is 5.75 Å². The third-order valence-corrected chi connectivity index (χ3v) is 3.31. The van der Waals surface area contributed by atoms with Gasteiger partial charge in [0.15, 0.2) is 0 Å². The summed E-state index contributed by atoms with van der Waals surface area (Å²) in [6.07, 6.45) is 0. The van der Waals surface area contributed by atoms with Gasteiger partial charge in [-0.1, -0.05) is 42.5 Å². The van der Waals surface area contributed by atoms with E-state index in [9.17, 15) is 13.0 Å². The molecule has 0 saturated heterocycles. The summed E-state index contributed by atoms with van der Waals surface area (Å²) >= 11 is 0. The molecule has 0 aliphatic heterocycles. The van der Waals surface area contributed by atoms with Crippen LogP contribution in [-0.4, -0.2) is 13.0 Å². The molecule has 0 aromatic heterocycles. The standard InChI is InChI=1S/C14H10O4S/c15-19(16,17)18-12-8-7-11-6-5-10-3-1-2-4-13(10)14(11)9-12/h1-9H,(H,15,16,17)/p-1. The first-order valence-electron chi connectivity index (χ1n) is 5.60. The first kappa shape index (κ1) is 12.0. The molecule has 0 amide bonds. The lowest BCUT2D eigenvalue weighted by molar-refractivity contribution is 0.372. The monoisotopic (exact) mass is 273 g/mol. The molecule has 3 aromatic carbocycles. The van der Waals surface area contributed by atoms with Crippen LogP contribution in [0.2, 0.25) is 0 Å². The number of benzene rings is 3. The zero-order valence-corrected chi connectivity index (χ0v) is 10.6. The van der Waals surface area contributed by atoms with Crippen molar-refractivity contribution in [3.63, 3.8) is 0 Å². The maximum atomic E-state index is 10.6. The largest absolute Gasteiger partial charge is 0.716 e. The molecule has 0 aliphatic rings. The van der Waals surface area contributed by atoms with Crippen LogP contribution in [-0.2, 0) is 10.4 Å². The maximum absolute atomic E-state index is 10.6. The average Bonchev–Trinajstić information content (AvgIpc) is 2.37. The summed E-state index contributed by atoms with van der Waals surface area (Å²) in [5, 5.41) is 3.82. The number of rotatable bonds is 2. The summed E-state index contributed by atoms with van der Waals surface area (Å²) in [7, 11) is -4.75. The Kier molecular flexibility index (Phi) is 2.66. The van der Waals surface area contributed by atoms with Crippen molar-refractivity contribution in [2.75, 3.05) is 0 Å². The van der Waals surface area contributed by atoms with Crippen LogP contribution in [0.5, 0.6) is 5.75 Å². The van der Waals surface area contributed by atoms with Gasteiger partial charge in [-0.3, -0.25) is 0 Å².